The Bertz CT molecular complexity index is 190. The molecular weight excluding hydrogens is 242 g/mol. The lowest BCUT2D eigenvalue weighted by atomic mass is 9.88. The van der Waals surface area contributed by atoms with Gasteiger partial charge < -0.3 is 4.90 Å². The summed E-state index contributed by atoms with van der Waals surface area (Å²) >= 11 is 3.38. The summed E-state index contributed by atoms with van der Waals surface area (Å²) in [6.07, 6.45) is 0.886. The third-order valence-electron chi connectivity index (χ3n) is 2.67. The predicted octanol–water partition coefficient (Wildman–Crippen LogP) is 3.05. The first-order valence-corrected chi connectivity index (χ1v) is 6.36. The van der Waals surface area contributed by atoms with Crippen molar-refractivity contribution >= 4 is 21.8 Å². The lowest BCUT2D eigenvalue weighted by molar-refractivity contribution is -0.142. The second-order valence-electron chi connectivity index (χ2n) is 4.52. The molecule has 0 bridgehead atoms. The van der Waals surface area contributed by atoms with Crippen molar-refractivity contribution in [3.05, 3.63) is 0 Å². The van der Waals surface area contributed by atoms with E-state index < -0.39 is 0 Å². The molecule has 84 valence electrons. The molecule has 0 aromatic rings. The minimum atomic E-state index is -0.230. The van der Waals surface area contributed by atoms with Crippen LogP contribution in [-0.4, -0.2) is 28.7 Å². The highest BCUT2D eigenvalue weighted by Gasteiger charge is 2.30. The molecule has 0 saturated carbocycles. The van der Waals surface area contributed by atoms with Gasteiger partial charge in [-0.3, -0.25) is 4.79 Å². The van der Waals surface area contributed by atoms with Crippen LogP contribution in [0.2, 0.25) is 0 Å². The Hall–Kier alpha value is -0.0500. The fourth-order valence-corrected chi connectivity index (χ4v) is 1.61. The van der Waals surface area contributed by atoms with Gasteiger partial charge in [0.1, 0.15) is 0 Å². The maximum Gasteiger partial charge on any atom is 0.228 e. The number of alkyl halides is 1. The molecule has 0 aromatic carbocycles. The summed E-state index contributed by atoms with van der Waals surface area (Å²) in [6.45, 7) is 11.0. The second-order valence-corrected chi connectivity index (χ2v) is 5.31. The van der Waals surface area contributed by atoms with Crippen LogP contribution in [0, 0.1) is 5.41 Å². The van der Waals surface area contributed by atoms with Crippen molar-refractivity contribution in [3.63, 3.8) is 0 Å². The summed E-state index contributed by atoms with van der Waals surface area (Å²) in [5.41, 5.74) is -0.230. The van der Waals surface area contributed by atoms with E-state index in [1.807, 2.05) is 18.7 Å². The normalized spacial score (nSPS) is 11.9. The summed E-state index contributed by atoms with van der Waals surface area (Å²) in [4.78, 5) is 14.1. The molecule has 3 heteroatoms. The summed E-state index contributed by atoms with van der Waals surface area (Å²) in [5.74, 6) is 0.259. The van der Waals surface area contributed by atoms with E-state index in [1.165, 1.54) is 0 Å². The monoisotopic (exact) mass is 263 g/mol. The number of nitrogens with zero attached hydrogens (tertiary/aromatic N) is 1. The Morgan fingerprint density at radius 1 is 1.43 bits per heavy atom. The summed E-state index contributed by atoms with van der Waals surface area (Å²) in [7, 11) is 0. The van der Waals surface area contributed by atoms with Crippen LogP contribution < -0.4 is 0 Å². The quantitative estimate of drug-likeness (QED) is 0.699. The summed E-state index contributed by atoms with van der Waals surface area (Å²) in [5, 5.41) is 0.844. The van der Waals surface area contributed by atoms with Crippen molar-refractivity contribution in [1.29, 1.82) is 0 Å². The predicted molar refractivity (Wildman–Crippen MR) is 64.7 cm³/mol. The van der Waals surface area contributed by atoms with E-state index in [0.717, 1.165) is 18.3 Å². The zero-order valence-electron chi connectivity index (χ0n) is 9.93. The highest BCUT2D eigenvalue weighted by molar-refractivity contribution is 9.09. The Balaban J connectivity index is 4.59. The molecule has 0 saturated heterocycles. The number of rotatable bonds is 5. The lowest BCUT2D eigenvalue weighted by Crippen LogP contribution is -2.45. The van der Waals surface area contributed by atoms with Gasteiger partial charge in [-0.2, -0.15) is 0 Å². The molecule has 0 N–H and O–H groups in total. The molecule has 0 unspecified atom stereocenters. The van der Waals surface area contributed by atoms with E-state index in [-0.39, 0.29) is 17.4 Å². The molecule has 0 rings (SSSR count). The first kappa shape index (κ1) is 13.9. The Morgan fingerprint density at radius 3 is 2.21 bits per heavy atom. The highest BCUT2D eigenvalue weighted by atomic mass is 79.9. The van der Waals surface area contributed by atoms with Gasteiger partial charge in [0.25, 0.3) is 0 Å². The van der Waals surface area contributed by atoms with Crippen LogP contribution in [0.25, 0.3) is 0 Å². The fraction of sp³-hybridized carbons (Fsp3) is 0.909. The van der Waals surface area contributed by atoms with Crippen molar-refractivity contribution in [2.75, 3.05) is 11.9 Å². The molecule has 14 heavy (non-hydrogen) atoms. The second kappa shape index (κ2) is 5.74. The van der Waals surface area contributed by atoms with Crippen LogP contribution in [0.5, 0.6) is 0 Å². The smallest absolute Gasteiger partial charge is 0.228 e. The number of carbonyl (C=O) groups is 1. The molecule has 0 atom stereocenters. The van der Waals surface area contributed by atoms with Crippen LogP contribution >= 0.6 is 15.9 Å². The lowest BCUT2D eigenvalue weighted by Gasteiger charge is -2.33. The summed E-state index contributed by atoms with van der Waals surface area (Å²) in [6, 6.07) is 0.283. The topological polar surface area (TPSA) is 20.3 Å². The number of hydrogen-bond donors (Lipinski definition) is 0. The van der Waals surface area contributed by atoms with Crippen LogP contribution in [0.4, 0.5) is 0 Å². The molecular formula is C11H22BrNO. The van der Waals surface area contributed by atoms with Crippen LogP contribution in [0.1, 0.15) is 41.0 Å². The molecule has 0 aliphatic rings. The van der Waals surface area contributed by atoms with E-state index in [0.29, 0.717) is 0 Å². The maximum atomic E-state index is 12.1. The van der Waals surface area contributed by atoms with E-state index in [1.54, 1.807) is 0 Å². The van der Waals surface area contributed by atoms with E-state index in [9.17, 15) is 4.79 Å². The van der Waals surface area contributed by atoms with Crippen LogP contribution in [-0.2, 0) is 4.79 Å². The minimum Gasteiger partial charge on any atom is -0.339 e. The fourth-order valence-electron chi connectivity index (χ4n) is 1.23. The molecule has 2 nitrogen and oxygen atoms in total. The van der Waals surface area contributed by atoms with Gasteiger partial charge >= 0.3 is 0 Å². The molecule has 0 fully saturated rings. The standard InChI is InChI=1S/C11H22BrNO/c1-6-11(4,5)10(14)13(8-7-12)9(2)3/h9H,6-8H2,1-5H3. The van der Waals surface area contributed by atoms with Crippen molar-refractivity contribution in [1.82, 2.24) is 4.90 Å². The van der Waals surface area contributed by atoms with Crippen LogP contribution in [0.15, 0.2) is 0 Å². The molecule has 0 aliphatic heterocycles. The Labute approximate surface area is 96.2 Å². The molecule has 1 amide bonds. The Morgan fingerprint density at radius 2 is 1.93 bits per heavy atom. The molecule has 0 heterocycles. The van der Waals surface area contributed by atoms with E-state index in [2.05, 4.69) is 36.7 Å². The third kappa shape index (κ3) is 3.60. The number of amides is 1. The van der Waals surface area contributed by atoms with E-state index in [4.69, 9.17) is 0 Å². The highest BCUT2D eigenvalue weighted by Crippen LogP contribution is 2.24. The average molecular weight is 264 g/mol. The average Bonchev–Trinajstić information content (AvgIpc) is 2.12. The van der Waals surface area contributed by atoms with Crippen molar-refractivity contribution < 1.29 is 4.79 Å². The zero-order chi connectivity index (χ0) is 11.4. The van der Waals surface area contributed by atoms with Crippen LogP contribution in [0.3, 0.4) is 0 Å². The van der Waals surface area contributed by atoms with Gasteiger partial charge in [0.15, 0.2) is 0 Å². The largest absolute Gasteiger partial charge is 0.339 e. The molecule has 0 spiro atoms. The van der Waals surface area contributed by atoms with Crippen molar-refractivity contribution in [3.8, 4) is 0 Å². The first-order valence-electron chi connectivity index (χ1n) is 5.23. The number of halogens is 1. The Kier molecular flexibility index (Phi) is 5.72. The van der Waals surface area contributed by atoms with Gasteiger partial charge in [-0.15, -0.1) is 0 Å². The molecule has 0 aromatic heterocycles. The van der Waals surface area contributed by atoms with Crippen molar-refractivity contribution in [2.24, 2.45) is 5.41 Å². The van der Waals surface area contributed by atoms with Gasteiger partial charge in [0.05, 0.1) is 0 Å². The van der Waals surface area contributed by atoms with Gasteiger partial charge in [0, 0.05) is 23.3 Å². The summed E-state index contributed by atoms with van der Waals surface area (Å²) < 4.78 is 0. The first-order chi connectivity index (χ1) is 6.36. The van der Waals surface area contributed by atoms with Gasteiger partial charge in [-0.1, -0.05) is 36.7 Å². The minimum absolute atomic E-state index is 0.230. The van der Waals surface area contributed by atoms with Crippen molar-refractivity contribution in [2.45, 2.75) is 47.1 Å². The van der Waals surface area contributed by atoms with Gasteiger partial charge in [-0.05, 0) is 20.3 Å². The molecule has 0 radical (unpaired) electrons. The number of hydrogen-bond acceptors (Lipinski definition) is 1. The maximum absolute atomic E-state index is 12.1. The molecule has 0 aliphatic carbocycles. The number of carbonyl (C=O) groups excluding carboxylic acids is 1. The van der Waals surface area contributed by atoms with E-state index >= 15 is 0 Å². The SMILES string of the molecule is CCC(C)(C)C(=O)N(CCBr)C(C)C. The van der Waals surface area contributed by atoms with Gasteiger partial charge in [0.2, 0.25) is 5.91 Å². The zero-order valence-corrected chi connectivity index (χ0v) is 11.5. The van der Waals surface area contributed by atoms with Gasteiger partial charge in [-0.25, -0.2) is 0 Å². The third-order valence-corrected chi connectivity index (χ3v) is 3.03.